The van der Waals surface area contributed by atoms with Crippen LogP contribution in [0.2, 0.25) is 0 Å². The number of nitrogens with zero attached hydrogens (tertiary/aromatic N) is 4. The van der Waals surface area contributed by atoms with Gasteiger partial charge < -0.3 is 4.74 Å². The molecule has 8 heteroatoms. The number of carbonyl (C=O) groups excluding carboxylic acids is 1. The van der Waals surface area contributed by atoms with Gasteiger partial charge in [0.2, 0.25) is 0 Å². The summed E-state index contributed by atoms with van der Waals surface area (Å²) in [5.74, 6) is -0.504. The Bertz CT molecular complexity index is 1930. The number of aryl methyl sites for hydroxylation is 1. The Labute approximate surface area is 234 Å². The minimum atomic E-state index is -0.643. The molecular weight excluding hydrogens is 520 g/mol. The van der Waals surface area contributed by atoms with Crippen LogP contribution in [0.15, 0.2) is 112 Å². The third-order valence-corrected chi connectivity index (χ3v) is 7.90. The van der Waals surface area contributed by atoms with Gasteiger partial charge in [-0.15, -0.1) is 0 Å². The smallest absolute Gasteiger partial charge is 0.338 e. The Morgan fingerprint density at radius 2 is 1.62 bits per heavy atom. The molecule has 2 aromatic heterocycles. The van der Waals surface area contributed by atoms with Gasteiger partial charge in [0.05, 0.1) is 40.3 Å². The first kappa shape index (κ1) is 25.5. The average molecular weight is 547 g/mol. The van der Waals surface area contributed by atoms with Crippen LogP contribution in [0.5, 0.6) is 0 Å². The molecule has 0 fully saturated rings. The first-order chi connectivity index (χ1) is 19.4. The van der Waals surface area contributed by atoms with Crippen molar-refractivity contribution in [2.24, 2.45) is 4.99 Å². The normalized spacial score (nSPS) is 15.1. The number of carbonyl (C=O) groups is 1. The molecule has 0 aliphatic carbocycles. The minimum absolute atomic E-state index is 0.228. The molecule has 3 heterocycles. The van der Waals surface area contributed by atoms with Crippen LogP contribution < -0.4 is 14.9 Å². The number of ether oxygens (including phenoxy) is 1. The molecule has 7 nitrogen and oxygen atoms in total. The van der Waals surface area contributed by atoms with Gasteiger partial charge in [-0.05, 0) is 37.6 Å². The molecule has 0 unspecified atom stereocenters. The highest BCUT2D eigenvalue weighted by atomic mass is 32.1. The van der Waals surface area contributed by atoms with E-state index in [1.807, 2.05) is 109 Å². The number of esters is 1. The van der Waals surface area contributed by atoms with Crippen LogP contribution in [0.25, 0.3) is 23.0 Å². The summed E-state index contributed by atoms with van der Waals surface area (Å²) in [6.45, 7) is 3.82. The predicted molar refractivity (Wildman–Crippen MR) is 156 cm³/mol. The molecule has 5 aromatic rings. The fraction of sp³-hybridized carbons (Fsp3) is 0.125. The lowest BCUT2D eigenvalue weighted by Gasteiger charge is -2.24. The van der Waals surface area contributed by atoms with Gasteiger partial charge in [-0.2, -0.15) is 5.10 Å². The topological polar surface area (TPSA) is 78.5 Å². The van der Waals surface area contributed by atoms with Crippen LogP contribution in [0.3, 0.4) is 0 Å². The van der Waals surface area contributed by atoms with Crippen LogP contribution in [0, 0.1) is 6.92 Å². The third-order valence-electron chi connectivity index (χ3n) is 6.92. The van der Waals surface area contributed by atoms with Gasteiger partial charge >= 0.3 is 5.97 Å². The van der Waals surface area contributed by atoms with Crippen LogP contribution in [-0.4, -0.2) is 27.4 Å². The van der Waals surface area contributed by atoms with Crippen LogP contribution in [0.1, 0.15) is 29.7 Å². The number of para-hydroxylation sites is 1. The lowest BCUT2D eigenvalue weighted by atomic mass is 9.96. The molecule has 1 aliphatic heterocycles. The lowest BCUT2D eigenvalue weighted by Crippen LogP contribution is -2.39. The highest BCUT2D eigenvalue weighted by Crippen LogP contribution is 2.30. The summed E-state index contributed by atoms with van der Waals surface area (Å²) in [6.07, 6.45) is 3.80. The summed E-state index contributed by atoms with van der Waals surface area (Å²) in [6, 6.07) is 26.9. The van der Waals surface area contributed by atoms with E-state index < -0.39 is 12.0 Å². The van der Waals surface area contributed by atoms with E-state index in [4.69, 9.17) is 9.84 Å². The molecule has 0 amide bonds. The molecule has 1 atom stereocenters. The van der Waals surface area contributed by atoms with Crippen LogP contribution in [0.4, 0.5) is 0 Å². The van der Waals surface area contributed by atoms with E-state index in [2.05, 4.69) is 4.99 Å². The fourth-order valence-corrected chi connectivity index (χ4v) is 5.96. The zero-order valence-corrected chi connectivity index (χ0v) is 23.1. The van der Waals surface area contributed by atoms with E-state index >= 15 is 0 Å². The van der Waals surface area contributed by atoms with E-state index in [0.29, 0.717) is 20.6 Å². The molecule has 1 aliphatic rings. The second-order valence-electron chi connectivity index (χ2n) is 9.56. The molecule has 0 bridgehead atoms. The molecule has 40 heavy (non-hydrogen) atoms. The van der Waals surface area contributed by atoms with Gasteiger partial charge in [-0.3, -0.25) is 9.36 Å². The quantitative estimate of drug-likeness (QED) is 0.303. The summed E-state index contributed by atoms with van der Waals surface area (Å²) in [4.78, 5) is 32.1. The third kappa shape index (κ3) is 4.52. The van der Waals surface area contributed by atoms with Crippen molar-refractivity contribution in [3.8, 4) is 16.9 Å². The first-order valence-corrected chi connectivity index (χ1v) is 13.6. The molecule has 198 valence electrons. The highest BCUT2D eigenvalue weighted by Gasteiger charge is 2.33. The molecule has 3 aromatic carbocycles. The molecule has 0 radical (unpaired) electrons. The molecule has 0 saturated heterocycles. The van der Waals surface area contributed by atoms with Gasteiger partial charge in [0.25, 0.3) is 5.56 Å². The Morgan fingerprint density at radius 1 is 0.950 bits per heavy atom. The Morgan fingerprint density at radius 3 is 2.30 bits per heavy atom. The Hall–Kier alpha value is -4.82. The van der Waals surface area contributed by atoms with Crippen molar-refractivity contribution < 1.29 is 9.53 Å². The number of thiazole rings is 1. The number of rotatable bonds is 5. The van der Waals surface area contributed by atoms with E-state index in [1.54, 1.807) is 11.5 Å². The number of benzene rings is 3. The summed E-state index contributed by atoms with van der Waals surface area (Å²) in [5.41, 5.74) is 6.05. The predicted octanol–water partition coefficient (Wildman–Crippen LogP) is 4.57. The molecule has 6 rings (SSSR count). The van der Waals surface area contributed by atoms with E-state index in [-0.39, 0.29) is 5.56 Å². The van der Waals surface area contributed by atoms with E-state index in [0.717, 1.165) is 33.6 Å². The largest absolute Gasteiger partial charge is 0.466 e. The summed E-state index contributed by atoms with van der Waals surface area (Å²) in [7, 11) is 1.34. The SMILES string of the molecule is COC(=O)C1=C(C)N=c2s/c(=C/c3cn(-c4ccccc4)nc3-c3ccc(C)cc3)c(=O)n2[C@@H]1c1ccccc1. The van der Waals surface area contributed by atoms with Gasteiger partial charge in [0, 0.05) is 17.3 Å². The number of fused-ring (bicyclic) bond motifs is 1. The summed E-state index contributed by atoms with van der Waals surface area (Å²) < 4.78 is 9.02. The number of hydrogen-bond acceptors (Lipinski definition) is 6. The monoisotopic (exact) mass is 546 g/mol. The maximum Gasteiger partial charge on any atom is 0.338 e. The van der Waals surface area contributed by atoms with Crippen molar-refractivity contribution in [3.05, 3.63) is 139 Å². The molecule has 0 N–H and O–H groups in total. The second kappa shape index (κ2) is 10.4. The zero-order chi connectivity index (χ0) is 27.8. The van der Waals surface area contributed by atoms with Crippen molar-refractivity contribution >= 4 is 23.4 Å². The van der Waals surface area contributed by atoms with E-state index in [1.165, 1.54) is 18.4 Å². The van der Waals surface area contributed by atoms with E-state index in [9.17, 15) is 9.59 Å². The van der Waals surface area contributed by atoms with Gasteiger partial charge in [0.15, 0.2) is 4.80 Å². The van der Waals surface area contributed by atoms with Gasteiger partial charge in [-0.1, -0.05) is 89.7 Å². The molecule has 0 saturated carbocycles. The summed E-state index contributed by atoms with van der Waals surface area (Å²) in [5, 5.41) is 4.90. The summed E-state index contributed by atoms with van der Waals surface area (Å²) >= 11 is 1.30. The lowest BCUT2D eigenvalue weighted by molar-refractivity contribution is -0.136. The van der Waals surface area contributed by atoms with Crippen molar-refractivity contribution in [1.82, 2.24) is 14.3 Å². The minimum Gasteiger partial charge on any atom is -0.466 e. The Kier molecular flexibility index (Phi) is 6.61. The average Bonchev–Trinajstić information content (AvgIpc) is 3.54. The molecule has 0 spiro atoms. The number of allylic oxidation sites excluding steroid dienone is 1. The highest BCUT2D eigenvalue weighted by molar-refractivity contribution is 7.07. The van der Waals surface area contributed by atoms with Crippen LogP contribution >= 0.6 is 11.3 Å². The van der Waals surface area contributed by atoms with Crippen molar-refractivity contribution in [3.63, 3.8) is 0 Å². The first-order valence-electron chi connectivity index (χ1n) is 12.8. The molecular formula is C32H26N4O3S. The van der Waals surface area contributed by atoms with Crippen molar-refractivity contribution in [1.29, 1.82) is 0 Å². The standard InChI is InChI=1S/C32H26N4O3S/c1-20-14-16-22(17-15-20)28-24(19-35(34-28)25-12-8-5-9-13-25)18-26-30(37)36-29(23-10-6-4-7-11-23)27(31(38)39-3)21(2)33-32(36)40-26/h4-19,29H,1-3H3/b26-18+/t29-/m1/s1. The Balaban J connectivity index is 1.57. The van der Waals surface area contributed by atoms with Gasteiger partial charge in [0.1, 0.15) is 0 Å². The van der Waals surface area contributed by atoms with Crippen molar-refractivity contribution in [2.75, 3.05) is 7.11 Å². The maximum absolute atomic E-state index is 14.0. The number of aromatic nitrogens is 3. The zero-order valence-electron chi connectivity index (χ0n) is 22.2. The second-order valence-corrected chi connectivity index (χ2v) is 10.6. The number of hydrogen-bond donors (Lipinski definition) is 0. The van der Waals surface area contributed by atoms with Gasteiger partial charge in [-0.25, -0.2) is 14.5 Å². The fourth-order valence-electron chi connectivity index (χ4n) is 4.93. The number of methoxy groups -OCH3 is 1. The van der Waals surface area contributed by atoms with Crippen molar-refractivity contribution in [2.45, 2.75) is 19.9 Å². The maximum atomic E-state index is 14.0. The van der Waals surface area contributed by atoms with Crippen LogP contribution in [-0.2, 0) is 9.53 Å².